The number of nitrogens with zero attached hydrogens (tertiary/aromatic N) is 4. The zero-order valence-electron chi connectivity index (χ0n) is 16.6. The van der Waals surface area contributed by atoms with Crippen LogP contribution in [0.15, 0.2) is 54.7 Å². The third-order valence-electron chi connectivity index (χ3n) is 4.60. The maximum Gasteiger partial charge on any atom is 0.273 e. The molecular weight excluding hydrogens is 354 g/mol. The Morgan fingerprint density at radius 1 is 1.18 bits per heavy atom. The first-order chi connectivity index (χ1) is 13.5. The normalized spacial score (nSPS) is 12.0. The molecule has 7 nitrogen and oxygen atoms in total. The molecule has 1 unspecified atom stereocenters. The smallest absolute Gasteiger partial charge is 0.273 e. The standard InChI is InChI=1S/C21H25N5O2/c1-15-9-11-16(12-10-15)26-14-18(23-24-26)21(27)22-13-19(25(2)3)17-7-5-6-8-20(17)28-4/h5-12,14,19H,13H2,1-4H3,(H,22,27). The van der Waals surface area contributed by atoms with Crippen LogP contribution < -0.4 is 10.1 Å². The molecule has 146 valence electrons. The average molecular weight is 379 g/mol. The molecule has 0 aliphatic carbocycles. The van der Waals surface area contributed by atoms with Gasteiger partial charge in [-0.25, -0.2) is 4.68 Å². The van der Waals surface area contributed by atoms with Crippen LogP contribution in [0.1, 0.15) is 27.7 Å². The van der Waals surface area contributed by atoms with Crippen LogP contribution in [0.5, 0.6) is 5.75 Å². The number of ether oxygens (including phenoxy) is 1. The van der Waals surface area contributed by atoms with Gasteiger partial charge in [0.15, 0.2) is 5.69 Å². The van der Waals surface area contributed by atoms with Gasteiger partial charge in [0, 0.05) is 12.1 Å². The van der Waals surface area contributed by atoms with Crippen molar-refractivity contribution >= 4 is 5.91 Å². The van der Waals surface area contributed by atoms with E-state index in [0.29, 0.717) is 6.54 Å². The van der Waals surface area contributed by atoms with Gasteiger partial charge in [0.25, 0.3) is 5.91 Å². The van der Waals surface area contributed by atoms with Crippen molar-refractivity contribution in [2.24, 2.45) is 0 Å². The number of aromatic nitrogens is 3. The van der Waals surface area contributed by atoms with Gasteiger partial charge in [-0.05, 0) is 39.2 Å². The van der Waals surface area contributed by atoms with Crippen LogP contribution in [0.3, 0.4) is 0 Å². The number of para-hydroxylation sites is 1. The van der Waals surface area contributed by atoms with Gasteiger partial charge in [-0.3, -0.25) is 4.79 Å². The van der Waals surface area contributed by atoms with Crippen molar-refractivity contribution in [3.8, 4) is 11.4 Å². The zero-order valence-corrected chi connectivity index (χ0v) is 16.6. The number of amides is 1. The number of hydrogen-bond donors (Lipinski definition) is 1. The minimum absolute atomic E-state index is 0.0350. The Morgan fingerprint density at radius 2 is 1.89 bits per heavy atom. The summed E-state index contributed by atoms with van der Waals surface area (Å²) in [7, 11) is 5.58. The third-order valence-corrected chi connectivity index (χ3v) is 4.60. The van der Waals surface area contributed by atoms with Gasteiger partial charge in [0.05, 0.1) is 25.0 Å². The Hall–Kier alpha value is -3.19. The maximum atomic E-state index is 12.6. The fraction of sp³-hybridized carbons (Fsp3) is 0.286. The highest BCUT2D eigenvalue weighted by molar-refractivity contribution is 5.91. The minimum Gasteiger partial charge on any atom is -0.496 e. The summed E-state index contributed by atoms with van der Waals surface area (Å²) in [4.78, 5) is 14.6. The van der Waals surface area contributed by atoms with Gasteiger partial charge < -0.3 is 15.0 Å². The summed E-state index contributed by atoms with van der Waals surface area (Å²) in [5, 5.41) is 11.0. The first kappa shape index (κ1) is 19.6. The van der Waals surface area contributed by atoms with E-state index in [9.17, 15) is 4.79 Å². The first-order valence-electron chi connectivity index (χ1n) is 9.06. The molecule has 0 bridgehead atoms. The fourth-order valence-electron chi connectivity index (χ4n) is 2.98. The summed E-state index contributed by atoms with van der Waals surface area (Å²) in [5.41, 5.74) is 3.31. The largest absolute Gasteiger partial charge is 0.496 e. The van der Waals surface area contributed by atoms with Crippen LogP contribution >= 0.6 is 0 Å². The molecule has 0 saturated carbocycles. The molecular formula is C21H25N5O2. The molecule has 3 aromatic rings. The Balaban J connectivity index is 1.71. The van der Waals surface area contributed by atoms with Crippen LogP contribution in [-0.2, 0) is 0 Å². The molecule has 3 rings (SSSR count). The van der Waals surface area contributed by atoms with Crippen LogP contribution in [0.4, 0.5) is 0 Å². The molecule has 1 N–H and O–H groups in total. The lowest BCUT2D eigenvalue weighted by molar-refractivity contribution is 0.0936. The monoisotopic (exact) mass is 379 g/mol. The first-order valence-corrected chi connectivity index (χ1v) is 9.06. The van der Waals surface area contributed by atoms with Crippen molar-refractivity contribution in [1.82, 2.24) is 25.2 Å². The predicted molar refractivity (Wildman–Crippen MR) is 108 cm³/mol. The average Bonchev–Trinajstić information content (AvgIpc) is 3.19. The highest BCUT2D eigenvalue weighted by Crippen LogP contribution is 2.27. The molecule has 0 radical (unpaired) electrons. The van der Waals surface area contributed by atoms with Gasteiger partial charge in [-0.2, -0.15) is 0 Å². The SMILES string of the molecule is COc1ccccc1C(CNC(=O)c1cn(-c2ccc(C)cc2)nn1)N(C)C. The summed E-state index contributed by atoms with van der Waals surface area (Å²) < 4.78 is 7.06. The van der Waals surface area contributed by atoms with E-state index in [1.54, 1.807) is 18.0 Å². The highest BCUT2D eigenvalue weighted by Gasteiger charge is 2.20. The predicted octanol–water partition coefficient (Wildman–Crippen LogP) is 2.62. The van der Waals surface area contributed by atoms with E-state index >= 15 is 0 Å². The molecule has 2 aromatic carbocycles. The van der Waals surface area contributed by atoms with Crippen LogP contribution in [0, 0.1) is 6.92 Å². The number of methoxy groups -OCH3 is 1. The molecule has 1 aromatic heterocycles. The molecule has 0 aliphatic rings. The molecule has 1 atom stereocenters. The Kier molecular flexibility index (Phi) is 6.06. The number of hydrogen-bond acceptors (Lipinski definition) is 5. The van der Waals surface area contributed by atoms with Gasteiger partial charge in [0.1, 0.15) is 5.75 Å². The van der Waals surface area contributed by atoms with E-state index in [0.717, 1.165) is 22.6 Å². The Bertz CT molecular complexity index is 934. The molecule has 7 heteroatoms. The van der Waals surface area contributed by atoms with Gasteiger partial charge in [-0.15, -0.1) is 5.10 Å². The molecule has 0 fully saturated rings. The molecule has 1 amide bonds. The number of likely N-dealkylation sites (N-methyl/N-ethyl adjacent to an activating group) is 1. The summed E-state index contributed by atoms with van der Waals surface area (Å²) in [6, 6.07) is 15.6. The highest BCUT2D eigenvalue weighted by atomic mass is 16.5. The molecule has 0 saturated heterocycles. The number of carbonyl (C=O) groups excluding carboxylic acids is 1. The summed E-state index contributed by atoms with van der Waals surface area (Å²) >= 11 is 0. The Morgan fingerprint density at radius 3 is 2.57 bits per heavy atom. The van der Waals surface area contributed by atoms with E-state index in [2.05, 4.69) is 15.6 Å². The number of benzene rings is 2. The van der Waals surface area contributed by atoms with Crippen molar-refractivity contribution in [2.75, 3.05) is 27.7 Å². The van der Waals surface area contributed by atoms with Crippen LogP contribution in [-0.4, -0.2) is 53.6 Å². The topological polar surface area (TPSA) is 72.3 Å². The third kappa shape index (κ3) is 4.37. The summed E-state index contributed by atoms with van der Waals surface area (Å²) in [6.45, 7) is 2.44. The molecule has 28 heavy (non-hydrogen) atoms. The van der Waals surface area contributed by atoms with Gasteiger partial charge in [0.2, 0.25) is 0 Å². The maximum absolute atomic E-state index is 12.6. The van der Waals surface area contributed by atoms with E-state index in [1.807, 2.05) is 74.4 Å². The van der Waals surface area contributed by atoms with Crippen molar-refractivity contribution in [1.29, 1.82) is 0 Å². The second-order valence-electron chi connectivity index (χ2n) is 6.82. The van der Waals surface area contributed by atoms with Crippen molar-refractivity contribution < 1.29 is 9.53 Å². The minimum atomic E-state index is -0.264. The van der Waals surface area contributed by atoms with E-state index in [4.69, 9.17) is 4.74 Å². The van der Waals surface area contributed by atoms with E-state index in [-0.39, 0.29) is 17.6 Å². The van der Waals surface area contributed by atoms with Crippen LogP contribution in [0.25, 0.3) is 5.69 Å². The lowest BCUT2D eigenvalue weighted by atomic mass is 10.0. The molecule has 0 aliphatic heterocycles. The van der Waals surface area contributed by atoms with Crippen molar-refractivity contribution in [2.45, 2.75) is 13.0 Å². The van der Waals surface area contributed by atoms with E-state index < -0.39 is 0 Å². The molecule has 1 heterocycles. The lowest BCUT2D eigenvalue weighted by Crippen LogP contribution is -2.35. The molecule has 0 spiro atoms. The van der Waals surface area contributed by atoms with Crippen LogP contribution in [0.2, 0.25) is 0 Å². The number of rotatable bonds is 7. The van der Waals surface area contributed by atoms with Gasteiger partial charge >= 0.3 is 0 Å². The van der Waals surface area contributed by atoms with Crippen molar-refractivity contribution in [3.05, 3.63) is 71.5 Å². The van der Waals surface area contributed by atoms with Gasteiger partial charge in [-0.1, -0.05) is 41.1 Å². The van der Waals surface area contributed by atoms with E-state index in [1.165, 1.54) is 0 Å². The fourth-order valence-corrected chi connectivity index (χ4v) is 2.98. The number of nitrogens with one attached hydrogen (secondary N) is 1. The second-order valence-corrected chi connectivity index (χ2v) is 6.82. The zero-order chi connectivity index (χ0) is 20.1. The summed E-state index contributed by atoms with van der Waals surface area (Å²) in [6.07, 6.45) is 1.63. The quantitative estimate of drug-likeness (QED) is 0.683. The summed E-state index contributed by atoms with van der Waals surface area (Å²) in [5.74, 6) is 0.529. The number of aryl methyl sites for hydroxylation is 1. The number of carbonyl (C=O) groups is 1. The Labute approximate surface area is 164 Å². The lowest BCUT2D eigenvalue weighted by Gasteiger charge is -2.26. The second kappa shape index (κ2) is 8.67. The van der Waals surface area contributed by atoms with Crippen molar-refractivity contribution in [3.63, 3.8) is 0 Å².